The number of hydrogen-bond acceptors (Lipinski definition) is 3. The van der Waals surface area contributed by atoms with Crippen LogP contribution in [0.15, 0.2) is 42.0 Å². The van der Waals surface area contributed by atoms with E-state index in [0.29, 0.717) is 17.1 Å². The molecular formula is C15H12F3N3S. The largest absolute Gasteiger partial charge is 0.416 e. The van der Waals surface area contributed by atoms with Crippen LogP contribution < -0.4 is 0 Å². The Morgan fingerprint density at radius 3 is 2.50 bits per heavy atom. The van der Waals surface area contributed by atoms with Crippen molar-refractivity contribution >= 4 is 11.3 Å². The second-order valence-electron chi connectivity index (χ2n) is 4.93. The molecule has 3 aromatic rings. The number of hydrogen-bond donors (Lipinski definition) is 0. The number of benzene rings is 1. The van der Waals surface area contributed by atoms with Crippen LogP contribution in [-0.2, 0) is 12.7 Å². The lowest BCUT2D eigenvalue weighted by molar-refractivity contribution is -0.137. The summed E-state index contributed by atoms with van der Waals surface area (Å²) in [4.78, 5) is 4.45. The van der Waals surface area contributed by atoms with Gasteiger partial charge in [-0.15, -0.1) is 11.3 Å². The van der Waals surface area contributed by atoms with Crippen molar-refractivity contribution in [3.63, 3.8) is 0 Å². The van der Waals surface area contributed by atoms with E-state index in [9.17, 15) is 13.2 Å². The molecule has 0 aliphatic rings. The molecule has 22 heavy (non-hydrogen) atoms. The molecule has 114 valence electrons. The van der Waals surface area contributed by atoms with Crippen molar-refractivity contribution in [1.82, 2.24) is 14.8 Å². The number of aromatic nitrogens is 3. The van der Waals surface area contributed by atoms with Crippen LogP contribution in [0.3, 0.4) is 0 Å². The monoisotopic (exact) mass is 323 g/mol. The maximum Gasteiger partial charge on any atom is 0.416 e. The summed E-state index contributed by atoms with van der Waals surface area (Å²) in [6, 6.07) is 5.05. The van der Waals surface area contributed by atoms with Gasteiger partial charge in [0.15, 0.2) is 0 Å². The number of aryl methyl sites for hydroxylation is 1. The van der Waals surface area contributed by atoms with Gasteiger partial charge in [0, 0.05) is 17.1 Å². The molecule has 0 aliphatic carbocycles. The van der Waals surface area contributed by atoms with Gasteiger partial charge in [0.25, 0.3) is 0 Å². The van der Waals surface area contributed by atoms with Gasteiger partial charge in [-0.1, -0.05) is 12.1 Å². The molecule has 7 heteroatoms. The Morgan fingerprint density at radius 2 is 1.91 bits per heavy atom. The first-order chi connectivity index (χ1) is 10.4. The van der Waals surface area contributed by atoms with Crippen molar-refractivity contribution < 1.29 is 13.2 Å². The summed E-state index contributed by atoms with van der Waals surface area (Å²) in [6.45, 7) is 2.50. The Bertz CT molecular complexity index is 772. The first-order valence-electron chi connectivity index (χ1n) is 6.53. The second-order valence-corrected chi connectivity index (χ2v) is 5.79. The smallest absolute Gasteiger partial charge is 0.266 e. The van der Waals surface area contributed by atoms with Gasteiger partial charge >= 0.3 is 6.18 Å². The van der Waals surface area contributed by atoms with Gasteiger partial charge in [0.2, 0.25) is 0 Å². The Hall–Kier alpha value is -2.15. The zero-order valence-corrected chi connectivity index (χ0v) is 12.4. The van der Waals surface area contributed by atoms with Crippen molar-refractivity contribution in [3.8, 4) is 10.6 Å². The van der Waals surface area contributed by atoms with Crippen molar-refractivity contribution in [2.45, 2.75) is 19.6 Å². The van der Waals surface area contributed by atoms with Crippen molar-refractivity contribution in [1.29, 1.82) is 0 Å². The van der Waals surface area contributed by atoms with Crippen molar-refractivity contribution in [3.05, 3.63) is 58.9 Å². The average molecular weight is 323 g/mol. The number of rotatable bonds is 3. The third-order valence-electron chi connectivity index (χ3n) is 3.10. The summed E-state index contributed by atoms with van der Waals surface area (Å²) in [5.41, 5.74) is 1.93. The third-order valence-corrected chi connectivity index (χ3v) is 4.04. The summed E-state index contributed by atoms with van der Waals surface area (Å²) < 4.78 is 39.4. The highest BCUT2D eigenvalue weighted by Gasteiger charge is 2.30. The maximum absolute atomic E-state index is 12.5. The first-order valence-corrected chi connectivity index (χ1v) is 7.41. The fraction of sp³-hybridized carbons (Fsp3) is 0.200. The SMILES string of the molecule is Cc1cnn(Cc2csc(-c3ccc(C(F)(F)F)cc3)n2)c1. The highest BCUT2D eigenvalue weighted by molar-refractivity contribution is 7.13. The molecule has 0 spiro atoms. The number of thiazole rings is 1. The van der Waals surface area contributed by atoms with E-state index >= 15 is 0 Å². The Labute approximate surface area is 129 Å². The summed E-state index contributed by atoms with van der Waals surface area (Å²) in [7, 11) is 0. The summed E-state index contributed by atoms with van der Waals surface area (Å²) in [5, 5.41) is 6.78. The van der Waals surface area contributed by atoms with Gasteiger partial charge in [-0.3, -0.25) is 4.68 Å². The van der Waals surface area contributed by atoms with Crippen LogP contribution in [0.2, 0.25) is 0 Å². The van der Waals surface area contributed by atoms with Gasteiger partial charge in [-0.05, 0) is 24.6 Å². The molecule has 0 unspecified atom stereocenters. The molecule has 0 bridgehead atoms. The fourth-order valence-electron chi connectivity index (χ4n) is 2.03. The molecule has 2 heterocycles. The van der Waals surface area contributed by atoms with Crippen LogP contribution in [0.4, 0.5) is 13.2 Å². The van der Waals surface area contributed by atoms with Crippen LogP contribution in [0.5, 0.6) is 0 Å². The van der Waals surface area contributed by atoms with E-state index < -0.39 is 11.7 Å². The van der Waals surface area contributed by atoms with Gasteiger partial charge in [0.05, 0.1) is 24.0 Å². The van der Waals surface area contributed by atoms with Gasteiger partial charge in [-0.25, -0.2) is 4.98 Å². The predicted molar refractivity (Wildman–Crippen MR) is 78.6 cm³/mol. The normalized spacial score (nSPS) is 11.8. The van der Waals surface area contributed by atoms with E-state index in [1.807, 2.05) is 18.5 Å². The molecule has 0 radical (unpaired) electrons. The molecule has 1 aromatic carbocycles. The topological polar surface area (TPSA) is 30.7 Å². The lowest BCUT2D eigenvalue weighted by Gasteiger charge is -2.06. The molecule has 0 aliphatic heterocycles. The Balaban J connectivity index is 1.78. The van der Waals surface area contributed by atoms with Crippen LogP contribution in [0.25, 0.3) is 10.6 Å². The standard InChI is InChI=1S/C15H12F3N3S/c1-10-6-19-21(7-10)8-13-9-22-14(20-13)11-2-4-12(5-3-11)15(16,17)18/h2-7,9H,8H2,1H3. The van der Waals surface area contributed by atoms with Crippen LogP contribution in [-0.4, -0.2) is 14.8 Å². The average Bonchev–Trinajstić information content (AvgIpc) is 3.08. The predicted octanol–water partition coefficient (Wildman–Crippen LogP) is 4.38. The first kappa shape index (κ1) is 14.8. The molecule has 0 saturated heterocycles. The number of alkyl halides is 3. The van der Waals surface area contributed by atoms with E-state index in [-0.39, 0.29) is 0 Å². The molecule has 0 amide bonds. The summed E-state index contributed by atoms with van der Waals surface area (Å²) in [6.07, 6.45) is -0.634. The molecule has 2 aromatic heterocycles. The van der Waals surface area contributed by atoms with E-state index in [1.54, 1.807) is 10.9 Å². The minimum absolute atomic E-state index is 0.547. The Kier molecular flexibility index (Phi) is 3.74. The molecule has 0 N–H and O–H groups in total. The second kappa shape index (κ2) is 5.57. The zero-order chi connectivity index (χ0) is 15.7. The fourth-order valence-corrected chi connectivity index (χ4v) is 2.85. The molecule has 0 saturated carbocycles. The van der Waals surface area contributed by atoms with Gasteiger partial charge in [-0.2, -0.15) is 18.3 Å². The lowest BCUT2D eigenvalue weighted by atomic mass is 10.1. The highest BCUT2D eigenvalue weighted by atomic mass is 32.1. The molecule has 0 fully saturated rings. The molecule has 3 rings (SSSR count). The van der Waals surface area contributed by atoms with Crippen LogP contribution >= 0.6 is 11.3 Å². The van der Waals surface area contributed by atoms with Crippen molar-refractivity contribution in [2.24, 2.45) is 0 Å². The summed E-state index contributed by atoms with van der Waals surface area (Å²) >= 11 is 1.41. The number of halogens is 3. The van der Waals surface area contributed by atoms with E-state index in [2.05, 4.69) is 10.1 Å². The minimum Gasteiger partial charge on any atom is -0.266 e. The van der Waals surface area contributed by atoms with Crippen molar-refractivity contribution in [2.75, 3.05) is 0 Å². The zero-order valence-electron chi connectivity index (χ0n) is 11.6. The lowest BCUT2D eigenvalue weighted by Crippen LogP contribution is -2.04. The maximum atomic E-state index is 12.5. The van der Waals surface area contributed by atoms with E-state index in [4.69, 9.17) is 0 Å². The minimum atomic E-state index is -4.31. The highest BCUT2D eigenvalue weighted by Crippen LogP contribution is 2.31. The van der Waals surface area contributed by atoms with E-state index in [1.165, 1.54) is 23.5 Å². The van der Waals surface area contributed by atoms with Gasteiger partial charge < -0.3 is 0 Å². The van der Waals surface area contributed by atoms with Gasteiger partial charge in [0.1, 0.15) is 5.01 Å². The molecular weight excluding hydrogens is 311 g/mol. The Morgan fingerprint density at radius 1 is 1.18 bits per heavy atom. The third kappa shape index (κ3) is 3.19. The number of nitrogens with zero attached hydrogens (tertiary/aromatic N) is 3. The van der Waals surface area contributed by atoms with Crippen LogP contribution in [0.1, 0.15) is 16.8 Å². The molecule has 0 atom stereocenters. The molecule has 3 nitrogen and oxygen atoms in total. The van der Waals surface area contributed by atoms with E-state index in [0.717, 1.165) is 23.4 Å². The van der Waals surface area contributed by atoms with Crippen LogP contribution in [0, 0.1) is 6.92 Å². The summed E-state index contributed by atoms with van der Waals surface area (Å²) in [5.74, 6) is 0. The quantitative estimate of drug-likeness (QED) is 0.716.